The van der Waals surface area contributed by atoms with E-state index in [0.717, 1.165) is 6.42 Å². The third-order valence-electron chi connectivity index (χ3n) is 3.04. The maximum absolute atomic E-state index is 9.80. The smallest absolute Gasteiger partial charge is 0.0750 e. The molecule has 0 aromatic carbocycles. The molecule has 1 unspecified atom stereocenters. The monoisotopic (exact) mass is 230 g/mol. The van der Waals surface area contributed by atoms with Gasteiger partial charge < -0.3 is 5.11 Å². The first-order valence-corrected chi connectivity index (χ1v) is 7.49. The highest BCUT2D eigenvalue weighted by Crippen LogP contribution is 2.41. The van der Waals surface area contributed by atoms with E-state index in [1.54, 1.807) is 5.57 Å². The zero-order valence-electron chi connectivity index (χ0n) is 8.66. The summed E-state index contributed by atoms with van der Waals surface area (Å²) in [7, 11) is 0. The van der Waals surface area contributed by atoms with E-state index in [4.69, 9.17) is 0 Å². The van der Waals surface area contributed by atoms with Gasteiger partial charge in [-0.25, -0.2) is 0 Å². The molecule has 0 spiro atoms. The van der Waals surface area contributed by atoms with Gasteiger partial charge >= 0.3 is 0 Å². The normalized spacial score (nSPS) is 30.9. The molecule has 1 aliphatic heterocycles. The predicted molar refractivity (Wildman–Crippen MR) is 65.9 cm³/mol. The Morgan fingerprint density at radius 3 is 2.64 bits per heavy atom. The molecule has 0 aromatic heterocycles. The fourth-order valence-electron chi connectivity index (χ4n) is 2.11. The Balaban J connectivity index is 2.10. The minimum absolute atomic E-state index is 0.151. The lowest BCUT2D eigenvalue weighted by Gasteiger charge is -2.30. The van der Waals surface area contributed by atoms with Crippen LogP contribution in [0.3, 0.4) is 0 Å². The predicted octanol–water partition coefficient (Wildman–Crippen LogP) is 3.04. The fraction of sp³-hybridized carbons (Fsp3) is 0.818. The quantitative estimate of drug-likeness (QED) is 0.699. The van der Waals surface area contributed by atoms with Crippen LogP contribution in [-0.2, 0) is 0 Å². The summed E-state index contributed by atoms with van der Waals surface area (Å²) in [5, 5.41) is 9.80. The van der Waals surface area contributed by atoms with Gasteiger partial charge in [0.1, 0.15) is 0 Å². The van der Waals surface area contributed by atoms with Crippen LogP contribution in [0.4, 0.5) is 0 Å². The first kappa shape index (κ1) is 10.9. The average molecular weight is 230 g/mol. The molecule has 0 bridgehead atoms. The van der Waals surface area contributed by atoms with Crippen LogP contribution in [0.15, 0.2) is 11.1 Å². The standard InChI is InChI=1S/C11H18OS2/c1-8-9(4-2-5-10(8)12)11-13-6-3-7-14-11/h10-12H,2-7H2,1H3. The molecule has 0 aromatic rings. The number of hydrogen-bond acceptors (Lipinski definition) is 3. The van der Waals surface area contributed by atoms with E-state index in [1.807, 2.05) is 0 Å². The van der Waals surface area contributed by atoms with Gasteiger partial charge in [-0.1, -0.05) is 0 Å². The van der Waals surface area contributed by atoms with Gasteiger partial charge in [-0.3, -0.25) is 0 Å². The van der Waals surface area contributed by atoms with E-state index in [9.17, 15) is 5.11 Å². The molecule has 80 valence electrons. The molecular formula is C11H18OS2. The second kappa shape index (κ2) is 4.95. The summed E-state index contributed by atoms with van der Waals surface area (Å²) in [6, 6.07) is 0. The highest BCUT2D eigenvalue weighted by molar-refractivity contribution is 8.17. The summed E-state index contributed by atoms with van der Waals surface area (Å²) in [5.74, 6) is 2.59. The minimum Gasteiger partial charge on any atom is -0.389 e. The van der Waals surface area contributed by atoms with Crippen molar-refractivity contribution in [1.29, 1.82) is 0 Å². The van der Waals surface area contributed by atoms with Crippen LogP contribution >= 0.6 is 23.5 Å². The Bertz CT molecular complexity index is 231. The molecule has 2 rings (SSSR count). The Morgan fingerprint density at radius 2 is 1.93 bits per heavy atom. The van der Waals surface area contributed by atoms with Crippen LogP contribution in [0.1, 0.15) is 32.6 Å². The van der Waals surface area contributed by atoms with Crippen molar-refractivity contribution in [3.63, 3.8) is 0 Å². The van der Waals surface area contributed by atoms with Gasteiger partial charge in [0.2, 0.25) is 0 Å². The second-order valence-corrected chi connectivity index (χ2v) is 6.77. The zero-order chi connectivity index (χ0) is 9.97. The van der Waals surface area contributed by atoms with Crippen LogP contribution < -0.4 is 0 Å². The van der Waals surface area contributed by atoms with Gasteiger partial charge in [0.25, 0.3) is 0 Å². The summed E-state index contributed by atoms with van der Waals surface area (Å²) in [4.78, 5) is 0. The average Bonchev–Trinajstić information content (AvgIpc) is 2.23. The molecule has 1 heterocycles. The van der Waals surface area contributed by atoms with Crippen LogP contribution in [-0.4, -0.2) is 27.3 Å². The van der Waals surface area contributed by atoms with E-state index in [0.29, 0.717) is 4.58 Å². The first-order chi connectivity index (χ1) is 6.79. The van der Waals surface area contributed by atoms with Crippen molar-refractivity contribution in [2.45, 2.75) is 43.3 Å². The molecule has 3 heteroatoms. The molecule has 1 fully saturated rings. The van der Waals surface area contributed by atoms with Crippen LogP contribution in [0, 0.1) is 0 Å². The molecule has 0 amide bonds. The van der Waals surface area contributed by atoms with Crippen molar-refractivity contribution < 1.29 is 5.11 Å². The molecule has 1 atom stereocenters. The van der Waals surface area contributed by atoms with Crippen LogP contribution in [0.5, 0.6) is 0 Å². The van der Waals surface area contributed by atoms with Gasteiger partial charge in [-0.05, 0) is 55.3 Å². The zero-order valence-corrected chi connectivity index (χ0v) is 10.3. The van der Waals surface area contributed by atoms with Gasteiger partial charge in [0, 0.05) is 0 Å². The summed E-state index contributed by atoms with van der Waals surface area (Å²) in [5.41, 5.74) is 2.81. The number of aliphatic hydroxyl groups excluding tert-OH is 1. The Morgan fingerprint density at radius 1 is 1.21 bits per heavy atom. The molecule has 0 radical (unpaired) electrons. The molecule has 1 N–H and O–H groups in total. The van der Waals surface area contributed by atoms with Crippen molar-refractivity contribution in [2.24, 2.45) is 0 Å². The van der Waals surface area contributed by atoms with Gasteiger partial charge in [-0.2, -0.15) is 0 Å². The molecule has 14 heavy (non-hydrogen) atoms. The highest BCUT2D eigenvalue weighted by atomic mass is 32.2. The number of aliphatic hydroxyl groups is 1. The lowest BCUT2D eigenvalue weighted by molar-refractivity contribution is 0.189. The number of rotatable bonds is 1. The van der Waals surface area contributed by atoms with Crippen LogP contribution in [0.25, 0.3) is 0 Å². The lowest BCUT2D eigenvalue weighted by Crippen LogP contribution is -2.21. The van der Waals surface area contributed by atoms with E-state index in [-0.39, 0.29) is 6.10 Å². The SMILES string of the molecule is CC1=C(C2SCCCS2)CCCC1O. The molecule has 2 aliphatic rings. The van der Waals surface area contributed by atoms with Gasteiger partial charge in [0.05, 0.1) is 10.7 Å². The van der Waals surface area contributed by atoms with Crippen molar-refractivity contribution in [3.05, 3.63) is 11.1 Å². The summed E-state index contributed by atoms with van der Waals surface area (Å²) in [6.07, 6.45) is 4.55. The lowest BCUT2D eigenvalue weighted by atomic mass is 9.91. The first-order valence-electron chi connectivity index (χ1n) is 5.40. The molecule has 1 aliphatic carbocycles. The molecule has 1 nitrogen and oxygen atoms in total. The topological polar surface area (TPSA) is 20.2 Å². The fourth-order valence-corrected chi connectivity index (χ4v) is 5.31. The van der Waals surface area contributed by atoms with E-state index >= 15 is 0 Å². The van der Waals surface area contributed by atoms with Crippen molar-refractivity contribution in [2.75, 3.05) is 11.5 Å². The Hall–Kier alpha value is 0.400. The molecule has 1 saturated heterocycles. The van der Waals surface area contributed by atoms with Crippen molar-refractivity contribution in [1.82, 2.24) is 0 Å². The summed E-state index contributed by atoms with van der Waals surface area (Å²) in [6.45, 7) is 2.12. The van der Waals surface area contributed by atoms with Gasteiger partial charge in [-0.15, -0.1) is 23.5 Å². The van der Waals surface area contributed by atoms with E-state index < -0.39 is 0 Å². The largest absolute Gasteiger partial charge is 0.389 e. The maximum atomic E-state index is 9.80. The number of hydrogen-bond donors (Lipinski definition) is 1. The second-order valence-electron chi connectivity index (χ2n) is 4.04. The highest BCUT2D eigenvalue weighted by Gasteiger charge is 2.25. The third-order valence-corrected chi connectivity index (χ3v) is 6.08. The Kier molecular flexibility index (Phi) is 3.86. The van der Waals surface area contributed by atoms with Crippen molar-refractivity contribution in [3.8, 4) is 0 Å². The van der Waals surface area contributed by atoms with Crippen LogP contribution in [0.2, 0.25) is 0 Å². The van der Waals surface area contributed by atoms with E-state index in [2.05, 4.69) is 30.4 Å². The number of thioether (sulfide) groups is 2. The molecular weight excluding hydrogens is 212 g/mol. The van der Waals surface area contributed by atoms with Gasteiger partial charge in [0.15, 0.2) is 0 Å². The van der Waals surface area contributed by atoms with Crippen molar-refractivity contribution >= 4 is 23.5 Å². The third kappa shape index (κ3) is 2.31. The van der Waals surface area contributed by atoms with E-state index in [1.165, 1.54) is 36.3 Å². The Labute approximate surface area is 94.7 Å². The summed E-state index contributed by atoms with van der Waals surface area (Å²) >= 11 is 4.14. The molecule has 0 saturated carbocycles. The maximum Gasteiger partial charge on any atom is 0.0750 e. The summed E-state index contributed by atoms with van der Waals surface area (Å²) < 4.78 is 0.652. The minimum atomic E-state index is -0.151.